The Morgan fingerprint density at radius 3 is 2.50 bits per heavy atom. The summed E-state index contributed by atoms with van der Waals surface area (Å²) in [5, 5.41) is 8.08. The van der Waals surface area contributed by atoms with E-state index >= 15 is 0 Å². The molecule has 3 N–H and O–H groups in total. The third-order valence-electron chi connectivity index (χ3n) is 1.05. The second-order valence-corrected chi connectivity index (χ2v) is 2.56. The highest BCUT2D eigenvalue weighted by molar-refractivity contribution is 6.36. The van der Waals surface area contributed by atoms with Gasteiger partial charge in [0.2, 0.25) is 5.28 Å². The van der Waals surface area contributed by atoms with Gasteiger partial charge in [-0.3, -0.25) is 0 Å². The number of carboxylic acid groups (broad SMARTS) is 1. The van der Waals surface area contributed by atoms with Crippen molar-refractivity contribution in [2.45, 2.75) is 0 Å². The molecule has 0 aliphatic heterocycles. The largest absolute Gasteiger partial charge is 0.476 e. The van der Waals surface area contributed by atoms with E-state index in [-0.39, 0.29) is 16.1 Å². The quantitative estimate of drug-likeness (QED) is 0.673. The number of carboxylic acids is 1. The molecule has 1 rings (SSSR count). The summed E-state index contributed by atoms with van der Waals surface area (Å²) in [6, 6.07) is 0. The van der Waals surface area contributed by atoms with Crippen LogP contribution in [0.15, 0.2) is 0 Å². The first-order valence-corrected chi connectivity index (χ1v) is 3.49. The first kappa shape index (κ1) is 9.02. The maximum absolute atomic E-state index is 10.4. The summed E-state index contributed by atoms with van der Waals surface area (Å²) in [6.07, 6.45) is 0. The molecule has 1 heterocycles. The van der Waals surface area contributed by atoms with E-state index in [2.05, 4.69) is 9.97 Å². The second-order valence-electron chi connectivity index (χ2n) is 1.85. The lowest BCUT2D eigenvalue weighted by atomic mass is 10.4. The van der Waals surface area contributed by atoms with Crippen LogP contribution in [-0.4, -0.2) is 21.0 Å². The van der Waals surface area contributed by atoms with E-state index in [1.54, 1.807) is 0 Å². The number of aromatic carboxylic acids is 1. The summed E-state index contributed by atoms with van der Waals surface area (Å²) in [7, 11) is 0. The van der Waals surface area contributed by atoms with E-state index in [4.69, 9.17) is 34.0 Å². The summed E-state index contributed by atoms with van der Waals surface area (Å²) < 4.78 is 0. The molecule has 1 aromatic heterocycles. The van der Waals surface area contributed by atoms with Crippen molar-refractivity contribution >= 4 is 35.0 Å². The van der Waals surface area contributed by atoms with Crippen molar-refractivity contribution in [3.05, 3.63) is 16.0 Å². The van der Waals surface area contributed by atoms with Crippen LogP contribution in [0.2, 0.25) is 10.3 Å². The molecule has 0 saturated carbocycles. The molecule has 0 aliphatic rings. The van der Waals surface area contributed by atoms with Gasteiger partial charge >= 0.3 is 5.97 Å². The van der Waals surface area contributed by atoms with Crippen LogP contribution in [0.25, 0.3) is 0 Å². The lowest BCUT2D eigenvalue weighted by Crippen LogP contribution is -2.06. The molecule has 0 spiro atoms. The van der Waals surface area contributed by atoms with Crippen molar-refractivity contribution in [1.82, 2.24) is 9.97 Å². The molecule has 0 atom stereocenters. The Kier molecular flexibility index (Phi) is 2.35. The molecule has 7 heteroatoms. The monoisotopic (exact) mass is 207 g/mol. The number of hydrogen-bond donors (Lipinski definition) is 2. The van der Waals surface area contributed by atoms with Gasteiger partial charge in [-0.2, -0.15) is 4.98 Å². The van der Waals surface area contributed by atoms with Crippen LogP contribution in [0.1, 0.15) is 10.5 Å². The van der Waals surface area contributed by atoms with E-state index in [0.29, 0.717) is 0 Å². The van der Waals surface area contributed by atoms with Crippen molar-refractivity contribution in [3.63, 3.8) is 0 Å². The van der Waals surface area contributed by atoms with Gasteiger partial charge in [0.05, 0.1) is 0 Å². The fourth-order valence-corrected chi connectivity index (χ4v) is 0.919. The van der Waals surface area contributed by atoms with Gasteiger partial charge in [-0.1, -0.05) is 11.6 Å². The molecular formula is C5H3Cl2N3O2. The van der Waals surface area contributed by atoms with Crippen molar-refractivity contribution in [3.8, 4) is 0 Å². The van der Waals surface area contributed by atoms with Crippen LogP contribution < -0.4 is 5.73 Å². The smallest absolute Gasteiger partial charge is 0.356 e. The number of halogens is 2. The number of nitrogens with two attached hydrogens (primary N) is 1. The molecule has 0 radical (unpaired) electrons. The fraction of sp³-hybridized carbons (Fsp3) is 0. The average Bonchev–Trinajstić information content (AvgIpc) is 1.96. The molecule has 64 valence electrons. The third kappa shape index (κ3) is 1.57. The summed E-state index contributed by atoms with van der Waals surface area (Å²) in [4.78, 5) is 17.3. The van der Waals surface area contributed by atoms with Gasteiger partial charge < -0.3 is 10.8 Å². The maximum atomic E-state index is 10.4. The minimum Gasteiger partial charge on any atom is -0.476 e. The Balaban J connectivity index is 3.37. The third-order valence-corrected chi connectivity index (χ3v) is 1.59. The molecule has 1 aromatic rings. The molecule has 12 heavy (non-hydrogen) atoms. The van der Waals surface area contributed by atoms with Gasteiger partial charge in [-0.25, -0.2) is 9.78 Å². The zero-order valence-electron chi connectivity index (χ0n) is 5.58. The van der Waals surface area contributed by atoms with Gasteiger partial charge in [-0.05, 0) is 11.6 Å². The summed E-state index contributed by atoms with van der Waals surface area (Å²) >= 11 is 10.8. The number of aromatic nitrogens is 2. The van der Waals surface area contributed by atoms with E-state index in [9.17, 15) is 4.79 Å². The number of hydrogen-bond acceptors (Lipinski definition) is 4. The predicted octanol–water partition coefficient (Wildman–Crippen LogP) is 1.06. The summed E-state index contributed by atoms with van der Waals surface area (Å²) in [5.74, 6) is -1.44. The molecule has 0 amide bonds. The van der Waals surface area contributed by atoms with Crippen molar-refractivity contribution in [2.75, 3.05) is 5.73 Å². The van der Waals surface area contributed by atoms with Crippen LogP contribution in [0.3, 0.4) is 0 Å². The first-order valence-electron chi connectivity index (χ1n) is 2.74. The summed E-state index contributed by atoms with van der Waals surface area (Å²) in [5.41, 5.74) is 4.83. The van der Waals surface area contributed by atoms with E-state index in [1.165, 1.54) is 0 Å². The van der Waals surface area contributed by atoms with Crippen LogP contribution in [0, 0.1) is 0 Å². The number of nitrogens with zero attached hydrogens (tertiary/aromatic N) is 2. The standard InChI is InChI=1S/C5H3Cl2N3O2/c6-1-2(4(11)12)9-5(7)10-3(1)8/h(H,11,12)(H2,8,9,10). The maximum Gasteiger partial charge on any atom is 0.356 e. The van der Waals surface area contributed by atoms with Gasteiger partial charge in [0.1, 0.15) is 10.8 Å². The van der Waals surface area contributed by atoms with Gasteiger partial charge in [-0.15, -0.1) is 0 Å². The Morgan fingerprint density at radius 2 is 2.00 bits per heavy atom. The molecule has 0 saturated heterocycles. The SMILES string of the molecule is Nc1nc(Cl)nc(C(=O)O)c1Cl. The number of nitrogen functional groups attached to an aromatic ring is 1. The second kappa shape index (κ2) is 3.12. The Labute approximate surface area is 77.1 Å². The van der Waals surface area contributed by atoms with E-state index in [0.717, 1.165) is 0 Å². The van der Waals surface area contributed by atoms with E-state index < -0.39 is 11.7 Å². The number of rotatable bonds is 1. The Morgan fingerprint density at radius 1 is 1.42 bits per heavy atom. The lowest BCUT2D eigenvalue weighted by molar-refractivity contribution is 0.0690. The average molecular weight is 208 g/mol. The predicted molar refractivity (Wildman–Crippen MR) is 43.4 cm³/mol. The van der Waals surface area contributed by atoms with Gasteiger partial charge in [0, 0.05) is 0 Å². The Hall–Kier alpha value is -1.07. The van der Waals surface area contributed by atoms with E-state index in [1.807, 2.05) is 0 Å². The topological polar surface area (TPSA) is 89.1 Å². The molecule has 0 unspecified atom stereocenters. The molecule has 0 aliphatic carbocycles. The zero-order valence-corrected chi connectivity index (χ0v) is 7.10. The normalized spacial score (nSPS) is 9.83. The number of anilines is 1. The molecule has 0 aromatic carbocycles. The minimum atomic E-state index is -1.30. The van der Waals surface area contributed by atoms with Crippen LogP contribution in [-0.2, 0) is 0 Å². The zero-order chi connectivity index (χ0) is 9.30. The lowest BCUT2D eigenvalue weighted by Gasteiger charge is -2.00. The first-order chi connectivity index (χ1) is 5.52. The van der Waals surface area contributed by atoms with Crippen molar-refractivity contribution < 1.29 is 9.90 Å². The van der Waals surface area contributed by atoms with Gasteiger partial charge in [0.15, 0.2) is 5.69 Å². The minimum absolute atomic E-state index is 0.144. The fourth-order valence-electron chi connectivity index (χ4n) is 0.578. The Bertz CT molecular complexity index is 342. The number of carbonyl (C=O) groups is 1. The molecule has 0 fully saturated rings. The molecular weight excluding hydrogens is 205 g/mol. The highest BCUT2D eigenvalue weighted by Gasteiger charge is 2.15. The van der Waals surface area contributed by atoms with Gasteiger partial charge in [0.25, 0.3) is 0 Å². The summed E-state index contributed by atoms with van der Waals surface area (Å²) in [6.45, 7) is 0. The highest BCUT2D eigenvalue weighted by atomic mass is 35.5. The van der Waals surface area contributed by atoms with Crippen LogP contribution >= 0.6 is 23.2 Å². The van der Waals surface area contributed by atoms with Crippen molar-refractivity contribution in [1.29, 1.82) is 0 Å². The van der Waals surface area contributed by atoms with Crippen LogP contribution in [0.4, 0.5) is 5.82 Å². The molecule has 5 nitrogen and oxygen atoms in total. The molecule has 0 bridgehead atoms. The van der Waals surface area contributed by atoms with Crippen molar-refractivity contribution in [2.24, 2.45) is 0 Å². The highest BCUT2D eigenvalue weighted by Crippen LogP contribution is 2.21. The van der Waals surface area contributed by atoms with Crippen LogP contribution in [0.5, 0.6) is 0 Å².